The first-order valence-corrected chi connectivity index (χ1v) is 14.3. The number of carboxylic acid groups (broad SMARTS) is 1. The van der Waals surface area contributed by atoms with Crippen LogP contribution in [0.5, 0.6) is 5.75 Å². The van der Waals surface area contributed by atoms with Crippen molar-refractivity contribution in [3.8, 4) is 5.75 Å². The van der Waals surface area contributed by atoms with Crippen molar-refractivity contribution in [2.45, 2.75) is 17.4 Å². The number of nitrogens with two attached hydrogens (primary N) is 1. The molecule has 0 aliphatic carbocycles. The fraction of sp³-hybridized carbons (Fsp3) is 0.100. The van der Waals surface area contributed by atoms with Gasteiger partial charge in [0.05, 0.1) is 22.7 Å². The molecule has 208 valence electrons. The fourth-order valence-corrected chi connectivity index (χ4v) is 5.47. The van der Waals surface area contributed by atoms with Crippen LogP contribution in [-0.2, 0) is 16.6 Å². The number of hydrogen-bond donors (Lipinski definition) is 2. The number of carboxylic acids is 1. The number of aromatic carboxylic acids is 1. The average Bonchev–Trinajstić information content (AvgIpc) is 3.43. The molecule has 1 heterocycles. The smallest absolute Gasteiger partial charge is 0.336 e. The molecular weight excluding hydrogens is 564 g/mol. The predicted octanol–water partition coefficient (Wildman–Crippen LogP) is 5.12. The second-order valence-corrected chi connectivity index (χ2v) is 11.2. The molecule has 9 nitrogen and oxygen atoms in total. The highest BCUT2D eigenvalue weighted by Gasteiger charge is 2.31. The summed E-state index contributed by atoms with van der Waals surface area (Å²) >= 11 is 5.88. The second kappa shape index (κ2) is 11.8. The maximum Gasteiger partial charge on any atom is 0.336 e. The summed E-state index contributed by atoms with van der Waals surface area (Å²) in [5.74, 6) is -0.930. The van der Waals surface area contributed by atoms with Crippen molar-refractivity contribution in [1.29, 1.82) is 0 Å². The molecule has 4 aromatic rings. The van der Waals surface area contributed by atoms with E-state index in [9.17, 15) is 18.3 Å². The monoisotopic (exact) mass is 588 g/mol. The highest BCUT2D eigenvalue weighted by atomic mass is 35.5. The quantitative estimate of drug-likeness (QED) is 0.215. The molecule has 4 aromatic carbocycles. The van der Waals surface area contributed by atoms with Crippen LogP contribution in [0.2, 0.25) is 5.02 Å². The number of sulfonamides is 1. The van der Waals surface area contributed by atoms with Gasteiger partial charge in [-0.15, -0.1) is 4.40 Å². The van der Waals surface area contributed by atoms with Gasteiger partial charge in [0.25, 0.3) is 10.0 Å². The minimum Gasteiger partial charge on any atom is -0.489 e. The van der Waals surface area contributed by atoms with E-state index in [4.69, 9.17) is 22.1 Å². The van der Waals surface area contributed by atoms with Gasteiger partial charge in [0.15, 0.2) is 0 Å². The summed E-state index contributed by atoms with van der Waals surface area (Å²) in [5.41, 5.74) is 9.36. The molecule has 0 saturated heterocycles. The minimum absolute atomic E-state index is 0.0329. The van der Waals surface area contributed by atoms with E-state index in [0.29, 0.717) is 22.0 Å². The number of guanidine groups is 1. The zero-order valence-electron chi connectivity index (χ0n) is 21.6. The first-order valence-electron chi connectivity index (χ1n) is 12.5. The van der Waals surface area contributed by atoms with Crippen LogP contribution in [-0.4, -0.2) is 42.7 Å². The molecule has 0 aromatic heterocycles. The molecule has 0 spiro atoms. The molecule has 0 fully saturated rings. The number of rotatable bonds is 8. The van der Waals surface area contributed by atoms with Crippen molar-refractivity contribution < 1.29 is 23.1 Å². The number of benzene rings is 4. The predicted molar refractivity (Wildman–Crippen MR) is 157 cm³/mol. The number of nitrogens with zero attached hydrogens (tertiary/aromatic N) is 3. The van der Waals surface area contributed by atoms with Gasteiger partial charge in [-0.05, 0) is 65.7 Å². The molecule has 0 radical (unpaired) electrons. The third kappa shape index (κ3) is 6.40. The van der Waals surface area contributed by atoms with E-state index < -0.39 is 16.0 Å². The van der Waals surface area contributed by atoms with Gasteiger partial charge in [0.2, 0.25) is 5.96 Å². The molecule has 11 heteroatoms. The topological polar surface area (TPSA) is 135 Å². The van der Waals surface area contributed by atoms with E-state index in [0.717, 1.165) is 11.1 Å². The summed E-state index contributed by atoms with van der Waals surface area (Å²) in [4.78, 5) is 11.4. The van der Waals surface area contributed by atoms with Gasteiger partial charge in [-0.1, -0.05) is 60.1 Å². The number of carbonyl (C=O) groups is 1. The van der Waals surface area contributed by atoms with Crippen LogP contribution >= 0.6 is 11.6 Å². The van der Waals surface area contributed by atoms with Crippen molar-refractivity contribution >= 4 is 39.3 Å². The second-order valence-electron chi connectivity index (χ2n) is 9.18. The Morgan fingerprint density at radius 1 is 0.976 bits per heavy atom. The van der Waals surface area contributed by atoms with Gasteiger partial charge in [-0.2, -0.15) is 13.5 Å². The molecule has 1 atom stereocenters. The van der Waals surface area contributed by atoms with E-state index in [1.807, 2.05) is 42.5 Å². The van der Waals surface area contributed by atoms with Crippen LogP contribution in [0.1, 0.15) is 33.0 Å². The Balaban J connectivity index is 1.40. The summed E-state index contributed by atoms with van der Waals surface area (Å²) in [6, 6.07) is 29.3. The lowest BCUT2D eigenvalue weighted by molar-refractivity contribution is 0.0694. The standard InChI is InChI=1S/C30H25ClN4O5S/c31-23-12-16-25(17-13-23)41(38,39)34-30(32)35-18-27(20-6-2-1-3-7-20)28(33-35)21-10-14-24(15-11-21)40-19-22-8-4-5-9-26(22)29(36)37/h1-17,27H,18-19H2,(H2,32,34)(H,36,37). The molecule has 0 saturated carbocycles. The molecule has 1 aliphatic rings. The van der Waals surface area contributed by atoms with Crippen LogP contribution in [0.4, 0.5) is 0 Å². The van der Waals surface area contributed by atoms with E-state index >= 15 is 0 Å². The van der Waals surface area contributed by atoms with Gasteiger partial charge >= 0.3 is 5.97 Å². The molecule has 0 amide bonds. The minimum atomic E-state index is -4.08. The van der Waals surface area contributed by atoms with Crippen LogP contribution in [0, 0.1) is 0 Å². The Kier molecular flexibility index (Phi) is 8.04. The van der Waals surface area contributed by atoms with E-state index in [1.54, 1.807) is 30.3 Å². The van der Waals surface area contributed by atoms with Crippen LogP contribution in [0.15, 0.2) is 118 Å². The van der Waals surface area contributed by atoms with Crippen molar-refractivity contribution in [2.75, 3.05) is 6.54 Å². The lowest BCUT2D eigenvalue weighted by atomic mass is 9.90. The van der Waals surface area contributed by atoms with Gasteiger partial charge in [-0.3, -0.25) is 0 Å². The van der Waals surface area contributed by atoms with Gasteiger partial charge < -0.3 is 15.6 Å². The summed E-state index contributed by atoms with van der Waals surface area (Å²) in [6.07, 6.45) is 0. The normalized spacial score (nSPS) is 15.4. The lowest BCUT2D eigenvalue weighted by Gasteiger charge is -2.16. The largest absolute Gasteiger partial charge is 0.489 e. The Bertz CT molecular complexity index is 1730. The summed E-state index contributed by atoms with van der Waals surface area (Å²) < 4.78 is 35.3. The van der Waals surface area contributed by atoms with Crippen molar-refractivity contribution in [1.82, 2.24) is 5.01 Å². The zero-order valence-corrected chi connectivity index (χ0v) is 23.2. The molecule has 1 aliphatic heterocycles. The molecule has 1 unspecified atom stereocenters. The van der Waals surface area contributed by atoms with Gasteiger partial charge in [-0.25, -0.2) is 9.80 Å². The Morgan fingerprint density at radius 3 is 2.32 bits per heavy atom. The zero-order chi connectivity index (χ0) is 29.0. The van der Waals surface area contributed by atoms with Crippen LogP contribution in [0.3, 0.4) is 0 Å². The van der Waals surface area contributed by atoms with E-state index in [1.165, 1.54) is 35.3 Å². The lowest BCUT2D eigenvalue weighted by Crippen LogP contribution is -2.33. The summed E-state index contributed by atoms with van der Waals surface area (Å²) in [7, 11) is -4.08. The fourth-order valence-electron chi connectivity index (χ4n) is 4.42. The maximum atomic E-state index is 12.8. The molecular formula is C30H25ClN4O5S. The molecule has 41 heavy (non-hydrogen) atoms. The Hall–Kier alpha value is -4.67. The first kappa shape index (κ1) is 27.9. The number of halogens is 1. The first-order chi connectivity index (χ1) is 19.7. The number of ether oxygens (including phenoxy) is 1. The molecule has 3 N–H and O–H groups in total. The Labute approximate surface area is 242 Å². The van der Waals surface area contributed by atoms with Gasteiger partial charge in [0, 0.05) is 16.5 Å². The number of hydrogen-bond acceptors (Lipinski definition) is 5. The van der Waals surface area contributed by atoms with E-state index in [2.05, 4.69) is 9.50 Å². The van der Waals surface area contributed by atoms with Crippen molar-refractivity contribution in [3.63, 3.8) is 0 Å². The molecule has 5 rings (SSSR count). The molecule has 0 bridgehead atoms. The Morgan fingerprint density at radius 2 is 1.63 bits per heavy atom. The summed E-state index contributed by atoms with van der Waals surface area (Å²) in [6.45, 7) is 0.382. The number of hydrazone groups is 1. The van der Waals surface area contributed by atoms with Gasteiger partial charge in [0.1, 0.15) is 12.4 Å². The third-order valence-electron chi connectivity index (χ3n) is 6.50. The SMILES string of the molecule is N/C(=N\S(=O)(=O)c1ccc(Cl)cc1)N1CC(c2ccccc2)C(c2ccc(OCc3ccccc3C(=O)O)cc2)=N1. The van der Waals surface area contributed by atoms with Crippen LogP contribution < -0.4 is 10.5 Å². The average molecular weight is 589 g/mol. The highest BCUT2D eigenvalue weighted by molar-refractivity contribution is 7.90. The van der Waals surface area contributed by atoms with E-state index in [-0.39, 0.29) is 35.5 Å². The summed E-state index contributed by atoms with van der Waals surface area (Å²) in [5, 5.41) is 15.9. The van der Waals surface area contributed by atoms with Crippen LogP contribution in [0.25, 0.3) is 0 Å². The van der Waals surface area contributed by atoms with Crippen molar-refractivity contribution in [3.05, 3.63) is 130 Å². The maximum absolute atomic E-state index is 12.8. The third-order valence-corrected chi connectivity index (χ3v) is 8.05. The highest BCUT2D eigenvalue weighted by Crippen LogP contribution is 2.30. The van der Waals surface area contributed by atoms with Crippen molar-refractivity contribution in [2.24, 2.45) is 15.2 Å².